The van der Waals surface area contributed by atoms with Gasteiger partial charge in [0.15, 0.2) is 0 Å². The largest absolute Gasteiger partial charge is 0.299 e. The van der Waals surface area contributed by atoms with E-state index in [0.29, 0.717) is 0 Å². The van der Waals surface area contributed by atoms with E-state index in [1.807, 2.05) is 0 Å². The van der Waals surface area contributed by atoms with Crippen LogP contribution in [0.4, 0.5) is 0 Å². The molecule has 7 heteroatoms. The lowest BCUT2D eigenvalue weighted by atomic mass is 10.5. The summed E-state index contributed by atoms with van der Waals surface area (Å²) in [6.45, 7) is 1.26. The average Bonchev–Trinajstić information content (AvgIpc) is 2.01. The lowest BCUT2D eigenvalue weighted by Gasteiger charge is -2.18. The third-order valence-electron chi connectivity index (χ3n) is 1.32. The maximum absolute atomic E-state index is 11.5. The number of ketones is 1. The van der Waals surface area contributed by atoms with Crippen LogP contribution in [-0.4, -0.2) is 41.6 Å². The van der Waals surface area contributed by atoms with E-state index in [4.69, 9.17) is 0 Å². The molecule has 0 fully saturated rings. The first-order chi connectivity index (χ1) is 5.82. The molecule has 0 aromatic carbocycles. The number of carbonyl (C=O) groups is 1. The van der Waals surface area contributed by atoms with Gasteiger partial charge in [0.05, 0.1) is 6.54 Å². The SMILES string of the molecule is CC(=O)CN(C)S(=O)(=O)C(Br)CBr. The van der Waals surface area contributed by atoms with E-state index in [9.17, 15) is 13.2 Å². The molecule has 0 aliphatic carbocycles. The quantitative estimate of drug-likeness (QED) is 0.702. The lowest BCUT2D eigenvalue weighted by molar-refractivity contribution is -0.117. The van der Waals surface area contributed by atoms with Crippen molar-refractivity contribution in [1.82, 2.24) is 4.31 Å². The van der Waals surface area contributed by atoms with Crippen molar-refractivity contribution < 1.29 is 13.2 Å². The van der Waals surface area contributed by atoms with Crippen molar-refractivity contribution in [1.29, 1.82) is 0 Å². The number of hydrogen-bond donors (Lipinski definition) is 0. The predicted octanol–water partition coefficient (Wildman–Crippen LogP) is 0.953. The molecule has 0 rings (SSSR count). The average molecular weight is 337 g/mol. The van der Waals surface area contributed by atoms with Crippen molar-refractivity contribution in [2.45, 2.75) is 11.1 Å². The van der Waals surface area contributed by atoms with Crippen LogP contribution in [0.5, 0.6) is 0 Å². The Labute approximate surface area is 95.0 Å². The number of carbonyl (C=O) groups excluding carboxylic acids is 1. The molecule has 0 N–H and O–H groups in total. The minimum absolute atomic E-state index is 0.0859. The molecule has 0 heterocycles. The number of hydrogen-bond acceptors (Lipinski definition) is 3. The fraction of sp³-hybridized carbons (Fsp3) is 0.833. The summed E-state index contributed by atoms with van der Waals surface area (Å²) in [6.07, 6.45) is 0. The fourth-order valence-corrected chi connectivity index (χ4v) is 3.45. The maximum Gasteiger partial charge on any atom is 0.228 e. The van der Waals surface area contributed by atoms with Crippen LogP contribution in [0.3, 0.4) is 0 Å². The molecule has 0 bridgehead atoms. The fourth-order valence-electron chi connectivity index (χ4n) is 0.678. The number of nitrogens with zero attached hydrogens (tertiary/aromatic N) is 1. The molecule has 4 nitrogen and oxygen atoms in total. The summed E-state index contributed by atoms with van der Waals surface area (Å²) in [5.41, 5.74) is 0. The topological polar surface area (TPSA) is 54.5 Å². The van der Waals surface area contributed by atoms with Crippen molar-refractivity contribution in [3.8, 4) is 0 Å². The van der Waals surface area contributed by atoms with Crippen LogP contribution < -0.4 is 0 Å². The van der Waals surface area contributed by atoms with Gasteiger partial charge in [-0.3, -0.25) is 4.79 Å². The van der Waals surface area contributed by atoms with Crippen molar-refractivity contribution >= 4 is 47.7 Å². The van der Waals surface area contributed by atoms with Gasteiger partial charge in [0.25, 0.3) is 0 Å². The molecule has 0 aromatic heterocycles. The Hall–Kier alpha value is 0.540. The Balaban J connectivity index is 4.55. The molecular weight excluding hydrogens is 326 g/mol. The predicted molar refractivity (Wildman–Crippen MR) is 58.7 cm³/mol. The molecule has 1 atom stereocenters. The number of rotatable bonds is 5. The molecule has 78 valence electrons. The summed E-state index contributed by atoms with van der Waals surface area (Å²) >= 11 is 6.05. The first-order valence-electron chi connectivity index (χ1n) is 3.47. The van der Waals surface area contributed by atoms with Gasteiger partial charge in [0, 0.05) is 12.4 Å². The van der Waals surface area contributed by atoms with Crippen molar-refractivity contribution in [3.63, 3.8) is 0 Å². The van der Waals surface area contributed by atoms with E-state index in [2.05, 4.69) is 31.9 Å². The number of alkyl halides is 2. The van der Waals surface area contributed by atoms with Crippen molar-refractivity contribution in [2.24, 2.45) is 0 Å². The Morgan fingerprint density at radius 2 is 2.00 bits per heavy atom. The molecule has 0 aliphatic rings. The van der Waals surface area contributed by atoms with Gasteiger partial charge in [0.1, 0.15) is 9.94 Å². The molecule has 0 saturated carbocycles. The highest BCUT2D eigenvalue weighted by molar-refractivity contribution is 9.13. The molecule has 0 spiro atoms. The van der Waals surface area contributed by atoms with Gasteiger partial charge in [-0.15, -0.1) is 0 Å². The van der Waals surface area contributed by atoms with Crippen LogP contribution >= 0.6 is 31.9 Å². The van der Waals surface area contributed by atoms with Gasteiger partial charge in [-0.1, -0.05) is 31.9 Å². The van der Waals surface area contributed by atoms with Gasteiger partial charge in [-0.25, -0.2) is 8.42 Å². The van der Waals surface area contributed by atoms with E-state index >= 15 is 0 Å². The molecule has 0 saturated heterocycles. The molecule has 0 radical (unpaired) electrons. The maximum atomic E-state index is 11.5. The Kier molecular flexibility index (Phi) is 5.65. The highest BCUT2D eigenvalue weighted by Gasteiger charge is 2.26. The number of likely N-dealkylation sites (N-methyl/N-ethyl adjacent to an activating group) is 1. The first kappa shape index (κ1) is 13.5. The van der Waals surface area contributed by atoms with Crippen LogP contribution in [0, 0.1) is 0 Å². The zero-order valence-corrected chi connectivity index (χ0v) is 11.3. The summed E-state index contributed by atoms with van der Waals surface area (Å²) < 4.78 is 23.3. The van der Waals surface area contributed by atoms with E-state index in [-0.39, 0.29) is 17.7 Å². The van der Waals surface area contributed by atoms with Gasteiger partial charge in [0.2, 0.25) is 10.0 Å². The summed E-state index contributed by atoms with van der Waals surface area (Å²) in [5, 5.41) is 0.289. The van der Waals surface area contributed by atoms with Crippen LogP contribution in [0.2, 0.25) is 0 Å². The van der Waals surface area contributed by atoms with E-state index in [1.165, 1.54) is 14.0 Å². The van der Waals surface area contributed by atoms with Crippen molar-refractivity contribution in [2.75, 3.05) is 18.9 Å². The second kappa shape index (κ2) is 5.43. The highest BCUT2D eigenvalue weighted by Crippen LogP contribution is 2.15. The molecule has 0 aliphatic heterocycles. The second-order valence-electron chi connectivity index (χ2n) is 2.57. The van der Waals surface area contributed by atoms with Gasteiger partial charge < -0.3 is 0 Å². The third-order valence-corrected chi connectivity index (χ3v) is 6.82. The van der Waals surface area contributed by atoms with Crippen molar-refractivity contribution in [3.05, 3.63) is 0 Å². The summed E-state index contributed by atoms with van der Waals surface area (Å²) in [4.78, 5) is 10.7. The van der Waals surface area contributed by atoms with Crippen LogP contribution in [0.1, 0.15) is 6.92 Å². The normalized spacial score (nSPS) is 14.5. The Morgan fingerprint density at radius 1 is 1.54 bits per heavy atom. The highest BCUT2D eigenvalue weighted by atomic mass is 79.9. The Bertz CT molecular complexity index is 278. The lowest BCUT2D eigenvalue weighted by Crippen LogP contribution is -2.36. The van der Waals surface area contributed by atoms with Gasteiger partial charge in [-0.05, 0) is 6.92 Å². The number of halogens is 2. The molecule has 0 aromatic rings. The molecule has 13 heavy (non-hydrogen) atoms. The standard InChI is InChI=1S/C6H11Br2NO3S/c1-5(10)4-9(2)13(11,12)6(8)3-7/h6H,3-4H2,1-2H3. The van der Waals surface area contributed by atoms with Gasteiger partial charge >= 0.3 is 0 Å². The minimum Gasteiger partial charge on any atom is -0.299 e. The number of sulfonamides is 1. The zero-order valence-electron chi connectivity index (χ0n) is 7.33. The van der Waals surface area contributed by atoms with E-state index in [0.717, 1.165) is 4.31 Å². The van der Waals surface area contributed by atoms with Gasteiger partial charge in [-0.2, -0.15) is 4.31 Å². The third kappa shape index (κ3) is 4.05. The second-order valence-corrected chi connectivity index (χ2v) is 7.15. The smallest absolute Gasteiger partial charge is 0.228 e. The summed E-state index contributed by atoms with van der Waals surface area (Å²) in [7, 11) is -2.02. The molecular formula is C6H11Br2NO3S. The minimum atomic E-state index is -3.40. The number of Topliss-reactive ketones (excluding diaryl/α,β-unsaturated/α-hetero) is 1. The monoisotopic (exact) mass is 335 g/mol. The Morgan fingerprint density at radius 3 is 2.31 bits per heavy atom. The molecule has 0 amide bonds. The molecule has 1 unspecified atom stereocenters. The van der Waals surface area contributed by atoms with E-state index < -0.39 is 14.2 Å². The van der Waals surface area contributed by atoms with Crippen LogP contribution in [-0.2, 0) is 14.8 Å². The van der Waals surface area contributed by atoms with E-state index in [1.54, 1.807) is 0 Å². The summed E-state index contributed by atoms with van der Waals surface area (Å²) in [5.74, 6) is -0.180. The zero-order chi connectivity index (χ0) is 10.6. The first-order valence-corrected chi connectivity index (χ1v) is 7.01. The summed E-state index contributed by atoms with van der Waals surface area (Å²) in [6, 6.07) is 0. The van der Waals surface area contributed by atoms with Crippen LogP contribution in [0.15, 0.2) is 0 Å². The van der Waals surface area contributed by atoms with Crippen LogP contribution in [0.25, 0.3) is 0 Å².